The second-order valence-electron chi connectivity index (χ2n) is 4.57. The van der Waals surface area contributed by atoms with Gasteiger partial charge < -0.3 is 4.74 Å². The van der Waals surface area contributed by atoms with Crippen molar-refractivity contribution in [2.24, 2.45) is 11.8 Å². The van der Waals surface area contributed by atoms with E-state index in [1.807, 2.05) is 0 Å². The summed E-state index contributed by atoms with van der Waals surface area (Å²) in [6.07, 6.45) is 1.12. The summed E-state index contributed by atoms with van der Waals surface area (Å²) in [5, 5.41) is 0. The van der Waals surface area contributed by atoms with Crippen molar-refractivity contribution in [1.82, 2.24) is 4.31 Å². The van der Waals surface area contributed by atoms with Crippen molar-refractivity contribution in [1.29, 1.82) is 0 Å². The average molecular weight is 235 g/mol. The number of rotatable bonds is 4. The summed E-state index contributed by atoms with van der Waals surface area (Å²) >= 11 is 0. The Labute approximate surface area is 92.7 Å². The fraction of sp³-hybridized carbons (Fsp3) is 1.00. The predicted molar refractivity (Wildman–Crippen MR) is 60.2 cm³/mol. The Hall–Kier alpha value is -0.130. The van der Waals surface area contributed by atoms with E-state index in [1.165, 1.54) is 7.11 Å². The van der Waals surface area contributed by atoms with E-state index in [9.17, 15) is 8.42 Å². The molecule has 90 valence electrons. The van der Waals surface area contributed by atoms with E-state index >= 15 is 0 Å². The molecule has 1 aliphatic heterocycles. The molecule has 1 fully saturated rings. The van der Waals surface area contributed by atoms with Crippen molar-refractivity contribution in [2.75, 3.05) is 32.6 Å². The molecule has 0 saturated carbocycles. The lowest BCUT2D eigenvalue weighted by Gasteiger charge is -2.33. The first-order chi connectivity index (χ1) is 6.95. The van der Waals surface area contributed by atoms with E-state index < -0.39 is 10.0 Å². The van der Waals surface area contributed by atoms with Gasteiger partial charge in [-0.25, -0.2) is 12.7 Å². The molecule has 1 aliphatic rings. The molecule has 0 N–H and O–H groups in total. The fourth-order valence-electron chi connectivity index (χ4n) is 2.15. The topological polar surface area (TPSA) is 46.6 Å². The molecule has 0 unspecified atom stereocenters. The summed E-state index contributed by atoms with van der Waals surface area (Å²) in [5.74, 6) is 1.03. The van der Waals surface area contributed by atoms with Crippen LogP contribution in [0.1, 0.15) is 20.3 Å². The Balaban J connectivity index is 2.61. The second kappa shape index (κ2) is 5.27. The largest absolute Gasteiger partial charge is 0.384 e. The number of ether oxygens (including phenoxy) is 1. The molecule has 5 heteroatoms. The molecule has 0 spiro atoms. The van der Waals surface area contributed by atoms with E-state index in [2.05, 4.69) is 13.8 Å². The summed E-state index contributed by atoms with van der Waals surface area (Å²) in [7, 11) is -1.58. The lowest BCUT2D eigenvalue weighted by atomic mass is 9.94. The van der Waals surface area contributed by atoms with Crippen LogP contribution in [0, 0.1) is 11.8 Å². The van der Waals surface area contributed by atoms with Crippen LogP contribution in [0.15, 0.2) is 0 Å². The van der Waals surface area contributed by atoms with Gasteiger partial charge in [0.25, 0.3) is 0 Å². The normalized spacial score (nSPS) is 29.3. The lowest BCUT2D eigenvalue weighted by Crippen LogP contribution is -2.44. The van der Waals surface area contributed by atoms with Crippen molar-refractivity contribution in [3.05, 3.63) is 0 Å². The molecule has 0 amide bonds. The summed E-state index contributed by atoms with van der Waals surface area (Å²) in [5.41, 5.74) is 0. The maximum atomic E-state index is 11.9. The molecule has 1 rings (SSSR count). The lowest BCUT2D eigenvalue weighted by molar-refractivity contribution is 0.204. The van der Waals surface area contributed by atoms with Gasteiger partial charge in [-0.2, -0.15) is 0 Å². The van der Waals surface area contributed by atoms with Gasteiger partial charge in [0.15, 0.2) is 0 Å². The van der Waals surface area contributed by atoms with Crippen molar-refractivity contribution >= 4 is 10.0 Å². The molecule has 0 radical (unpaired) electrons. The van der Waals surface area contributed by atoms with Crippen molar-refractivity contribution in [3.8, 4) is 0 Å². The van der Waals surface area contributed by atoms with Crippen LogP contribution >= 0.6 is 0 Å². The van der Waals surface area contributed by atoms with Gasteiger partial charge in [0, 0.05) is 20.2 Å². The molecule has 4 nitrogen and oxygen atoms in total. The van der Waals surface area contributed by atoms with Crippen molar-refractivity contribution < 1.29 is 13.2 Å². The van der Waals surface area contributed by atoms with Crippen molar-refractivity contribution in [3.63, 3.8) is 0 Å². The van der Waals surface area contributed by atoms with Gasteiger partial charge in [-0.05, 0) is 18.3 Å². The smallest absolute Gasteiger partial charge is 0.216 e. The second-order valence-corrected chi connectivity index (χ2v) is 6.66. The van der Waals surface area contributed by atoms with Crippen LogP contribution in [0.4, 0.5) is 0 Å². The van der Waals surface area contributed by atoms with Crippen LogP contribution in [0.25, 0.3) is 0 Å². The average Bonchev–Trinajstić information content (AvgIpc) is 2.13. The Kier molecular flexibility index (Phi) is 4.55. The summed E-state index contributed by atoms with van der Waals surface area (Å²) in [4.78, 5) is 0. The van der Waals surface area contributed by atoms with Gasteiger partial charge in [0.05, 0.1) is 12.4 Å². The Morgan fingerprint density at radius 2 is 1.80 bits per heavy atom. The number of nitrogens with zero attached hydrogens (tertiary/aromatic N) is 1. The van der Waals surface area contributed by atoms with Gasteiger partial charge in [-0.3, -0.25) is 0 Å². The third kappa shape index (κ3) is 3.74. The first kappa shape index (κ1) is 12.9. The van der Waals surface area contributed by atoms with Gasteiger partial charge >= 0.3 is 0 Å². The van der Waals surface area contributed by atoms with E-state index in [0.29, 0.717) is 24.9 Å². The maximum Gasteiger partial charge on any atom is 0.216 e. The Bertz CT molecular complexity index is 279. The number of hydrogen-bond donors (Lipinski definition) is 0. The Morgan fingerprint density at radius 3 is 2.27 bits per heavy atom. The zero-order chi connectivity index (χ0) is 11.5. The maximum absolute atomic E-state index is 11.9. The molecule has 2 atom stereocenters. The van der Waals surface area contributed by atoms with E-state index in [1.54, 1.807) is 4.31 Å². The highest BCUT2D eigenvalue weighted by Gasteiger charge is 2.29. The first-order valence-electron chi connectivity index (χ1n) is 5.42. The van der Waals surface area contributed by atoms with Gasteiger partial charge in [0.1, 0.15) is 0 Å². The molecule has 0 aliphatic carbocycles. The van der Waals surface area contributed by atoms with Gasteiger partial charge in [-0.1, -0.05) is 13.8 Å². The van der Waals surface area contributed by atoms with Crippen LogP contribution in [-0.4, -0.2) is 45.3 Å². The van der Waals surface area contributed by atoms with Gasteiger partial charge in [-0.15, -0.1) is 0 Å². The monoisotopic (exact) mass is 235 g/mol. The highest BCUT2D eigenvalue weighted by molar-refractivity contribution is 7.89. The number of methoxy groups -OCH3 is 1. The molecule has 0 aromatic carbocycles. The molecule has 0 aromatic heterocycles. The zero-order valence-corrected chi connectivity index (χ0v) is 10.6. The highest BCUT2D eigenvalue weighted by atomic mass is 32.2. The molecular formula is C10H21NO3S. The van der Waals surface area contributed by atoms with E-state index in [0.717, 1.165) is 6.42 Å². The molecular weight excluding hydrogens is 214 g/mol. The molecule has 1 saturated heterocycles. The number of hydrogen-bond acceptors (Lipinski definition) is 3. The SMILES string of the molecule is COCCS(=O)(=O)N1C[C@H](C)C[C@H](C)C1. The summed E-state index contributed by atoms with van der Waals surface area (Å²) in [6.45, 7) is 5.82. The quantitative estimate of drug-likeness (QED) is 0.728. The number of sulfonamides is 1. The molecule has 0 aromatic rings. The van der Waals surface area contributed by atoms with E-state index in [-0.39, 0.29) is 12.4 Å². The molecule has 0 bridgehead atoms. The minimum atomic E-state index is -3.10. The van der Waals surface area contributed by atoms with Crippen LogP contribution in [0.2, 0.25) is 0 Å². The van der Waals surface area contributed by atoms with Gasteiger partial charge in [0.2, 0.25) is 10.0 Å². The molecule has 1 heterocycles. The zero-order valence-electron chi connectivity index (χ0n) is 9.77. The standard InChI is InChI=1S/C10H21NO3S/c1-9-6-10(2)8-11(7-9)15(12,13)5-4-14-3/h9-10H,4-8H2,1-3H3/t9-,10+. The highest BCUT2D eigenvalue weighted by Crippen LogP contribution is 2.23. The number of piperidine rings is 1. The Morgan fingerprint density at radius 1 is 1.27 bits per heavy atom. The van der Waals surface area contributed by atoms with Crippen LogP contribution < -0.4 is 0 Å². The summed E-state index contributed by atoms with van der Waals surface area (Å²) in [6, 6.07) is 0. The van der Waals surface area contributed by atoms with Crippen LogP contribution in [0.3, 0.4) is 0 Å². The third-order valence-electron chi connectivity index (χ3n) is 2.77. The molecule has 15 heavy (non-hydrogen) atoms. The van der Waals surface area contributed by atoms with E-state index in [4.69, 9.17) is 4.74 Å². The first-order valence-corrected chi connectivity index (χ1v) is 7.03. The third-order valence-corrected chi connectivity index (χ3v) is 4.54. The fourth-order valence-corrected chi connectivity index (χ4v) is 3.75. The predicted octanol–water partition coefficient (Wildman–Crippen LogP) is 0.940. The van der Waals surface area contributed by atoms with Crippen LogP contribution in [0.5, 0.6) is 0 Å². The minimum absolute atomic E-state index is 0.100. The summed E-state index contributed by atoms with van der Waals surface area (Å²) < 4.78 is 30.2. The minimum Gasteiger partial charge on any atom is -0.384 e. The van der Waals surface area contributed by atoms with Crippen molar-refractivity contribution in [2.45, 2.75) is 20.3 Å². The van der Waals surface area contributed by atoms with Crippen LogP contribution in [-0.2, 0) is 14.8 Å².